The Balaban J connectivity index is 1.52. The minimum atomic E-state index is 0.192. The van der Waals surface area contributed by atoms with E-state index in [2.05, 4.69) is 43.1 Å². The number of benzene rings is 1. The number of methoxy groups -OCH3 is 1. The Kier molecular flexibility index (Phi) is 6.80. The minimum Gasteiger partial charge on any atom is -0.496 e. The standard InChI is InChI=1S/C23H36N2O2/c1-16-9-11-25(12-10-16)18(3)15-24-23(26)14-21(19-5-6-19)20-7-8-22(27-4)17(2)13-20/h7-8,13,16,18-19,21H,5-6,9-12,14-15H2,1-4H3,(H,24,26). The molecule has 3 rings (SSSR count). The Morgan fingerprint density at radius 3 is 2.56 bits per heavy atom. The molecular formula is C23H36N2O2. The van der Waals surface area contributed by atoms with Gasteiger partial charge in [-0.25, -0.2) is 0 Å². The fourth-order valence-electron chi connectivity index (χ4n) is 4.32. The number of hydrogen-bond donors (Lipinski definition) is 1. The van der Waals surface area contributed by atoms with Crippen LogP contribution in [0.5, 0.6) is 5.75 Å². The van der Waals surface area contributed by atoms with Gasteiger partial charge in [0.05, 0.1) is 7.11 Å². The second-order valence-electron chi connectivity index (χ2n) is 8.75. The summed E-state index contributed by atoms with van der Waals surface area (Å²) in [4.78, 5) is 15.2. The highest BCUT2D eigenvalue weighted by atomic mass is 16.5. The molecule has 1 amide bonds. The van der Waals surface area contributed by atoms with Crippen LogP contribution in [-0.2, 0) is 4.79 Å². The number of rotatable bonds is 8. The van der Waals surface area contributed by atoms with Gasteiger partial charge in [-0.1, -0.05) is 19.1 Å². The Hall–Kier alpha value is -1.55. The zero-order valence-corrected chi connectivity index (χ0v) is 17.5. The lowest BCUT2D eigenvalue weighted by molar-refractivity contribution is -0.121. The monoisotopic (exact) mass is 372 g/mol. The highest BCUT2D eigenvalue weighted by Gasteiger charge is 2.34. The number of hydrogen-bond acceptors (Lipinski definition) is 3. The number of piperidine rings is 1. The highest BCUT2D eigenvalue weighted by Crippen LogP contribution is 2.45. The minimum absolute atomic E-state index is 0.192. The van der Waals surface area contributed by atoms with Crippen LogP contribution in [-0.4, -0.2) is 43.6 Å². The Morgan fingerprint density at radius 1 is 1.26 bits per heavy atom. The van der Waals surface area contributed by atoms with Crippen LogP contribution in [0.25, 0.3) is 0 Å². The lowest BCUT2D eigenvalue weighted by Crippen LogP contribution is -2.45. The van der Waals surface area contributed by atoms with Crippen molar-refractivity contribution in [1.82, 2.24) is 10.2 Å². The summed E-state index contributed by atoms with van der Waals surface area (Å²) >= 11 is 0. The summed E-state index contributed by atoms with van der Waals surface area (Å²) in [6, 6.07) is 6.80. The van der Waals surface area contributed by atoms with Crippen molar-refractivity contribution in [2.45, 2.75) is 64.8 Å². The van der Waals surface area contributed by atoms with Crippen molar-refractivity contribution in [2.75, 3.05) is 26.7 Å². The first kappa shape index (κ1) is 20.2. The summed E-state index contributed by atoms with van der Waals surface area (Å²) in [5.74, 6) is 2.95. The first-order valence-corrected chi connectivity index (χ1v) is 10.6. The number of amides is 1. The molecule has 0 aromatic heterocycles. The Labute approximate surface area is 164 Å². The molecule has 0 bridgehead atoms. The van der Waals surface area contributed by atoms with Crippen molar-refractivity contribution in [2.24, 2.45) is 11.8 Å². The second-order valence-corrected chi connectivity index (χ2v) is 8.75. The molecule has 0 radical (unpaired) electrons. The second kappa shape index (κ2) is 9.09. The van der Waals surface area contributed by atoms with Gasteiger partial charge in [-0.3, -0.25) is 9.69 Å². The van der Waals surface area contributed by atoms with Gasteiger partial charge in [0.25, 0.3) is 0 Å². The van der Waals surface area contributed by atoms with Crippen LogP contribution in [0.2, 0.25) is 0 Å². The molecule has 2 aliphatic rings. The highest BCUT2D eigenvalue weighted by molar-refractivity contribution is 5.77. The average molecular weight is 373 g/mol. The van der Waals surface area contributed by atoms with Crippen LogP contribution >= 0.6 is 0 Å². The zero-order chi connectivity index (χ0) is 19.4. The third-order valence-corrected chi connectivity index (χ3v) is 6.48. The summed E-state index contributed by atoms with van der Waals surface area (Å²) in [7, 11) is 1.71. The summed E-state index contributed by atoms with van der Waals surface area (Å²) in [6.45, 7) is 9.73. The first-order chi connectivity index (χ1) is 13.0. The van der Waals surface area contributed by atoms with E-state index in [0.717, 1.165) is 36.9 Å². The molecule has 1 aromatic rings. The van der Waals surface area contributed by atoms with Crippen LogP contribution in [0.4, 0.5) is 0 Å². The predicted molar refractivity (Wildman–Crippen MR) is 110 cm³/mol. The van der Waals surface area contributed by atoms with E-state index in [1.54, 1.807) is 7.11 Å². The van der Waals surface area contributed by atoms with E-state index < -0.39 is 0 Å². The first-order valence-electron chi connectivity index (χ1n) is 10.6. The van der Waals surface area contributed by atoms with Gasteiger partial charge in [0, 0.05) is 19.0 Å². The van der Waals surface area contributed by atoms with Gasteiger partial charge in [0.1, 0.15) is 5.75 Å². The molecule has 0 spiro atoms. The lowest BCUT2D eigenvalue weighted by Gasteiger charge is -2.35. The van der Waals surface area contributed by atoms with E-state index in [-0.39, 0.29) is 5.91 Å². The maximum atomic E-state index is 12.7. The largest absolute Gasteiger partial charge is 0.496 e. The number of aryl methyl sites for hydroxylation is 1. The topological polar surface area (TPSA) is 41.6 Å². The molecule has 2 unspecified atom stereocenters. The van der Waals surface area contributed by atoms with E-state index in [1.165, 1.54) is 31.2 Å². The molecule has 2 atom stereocenters. The Bertz CT molecular complexity index is 633. The molecule has 4 nitrogen and oxygen atoms in total. The molecule has 1 aliphatic heterocycles. The van der Waals surface area contributed by atoms with Gasteiger partial charge < -0.3 is 10.1 Å². The van der Waals surface area contributed by atoms with Crippen LogP contribution < -0.4 is 10.1 Å². The summed E-state index contributed by atoms with van der Waals surface area (Å²) in [5, 5.41) is 3.21. The number of nitrogens with one attached hydrogen (secondary N) is 1. The molecule has 1 saturated carbocycles. The van der Waals surface area contributed by atoms with Crippen molar-refractivity contribution in [1.29, 1.82) is 0 Å². The van der Waals surface area contributed by atoms with Crippen molar-refractivity contribution in [3.63, 3.8) is 0 Å². The van der Waals surface area contributed by atoms with E-state index in [9.17, 15) is 4.79 Å². The van der Waals surface area contributed by atoms with Gasteiger partial charge in [0.15, 0.2) is 0 Å². The van der Waals surface area contributed by atoms with Crippen molar-refractivity contribution in [3.8, 4) is 5.75 Å². The summed E-state index contributed by atoms with van der Waals surface area (Å²) in [6.07, 6.45) is 5.63. The van der Waals surface area contributed by atoms with E-state index in [0.29, 0.717) is 24.3 Å². The van der Waals surface area contributed by atoms with E-state index in [4.69, 9.17) is 4.74 Å². The van der Waals surface area contributed by atoms with Crippen LogP contribution in [0.15, 0.2) is 18.2 Å². The number of ether oxygens (including phenoxy) is 1. The molecule has 1 N–H and O–H groups in total. The molecule has 1 aromatic carbocycles. The van der Waals surface area contributed by atoms with Crippen molar-refractivity contribution < 1.29 is 9.53 Å². The molecule has 1 aliphatic carbocycles. The van der Waals surface area contributed by atoms with Crippen LogP contribution in [0.3, 0.4) is 0 Å². The SMILES string of the molecule is COc1ccc(C(CC(=O)NCC(C)N2CCC(C)CC2)C2CC2)cc1C. The van der Waals surface area contributed by atoms with Gasteiger partial charge in [0.2, 0.25) is 5.91 Å². The molecular weight excluding hydrogens is 336 g/mol. The molecule has 27 heavy (non-hydrogen) atoms. The molecule has 1 heterocycles. The number of carbonyl (C=O) groups excluding carboxylic acids is 1. The van der Waals surface area contributed by atoms with Crippen molar-refractivity contribution in [3.05, 3.63) is 29.3 Å². The number of likely N-dealkylation sites (tertiary alicyclic amines) is 1. The van der Waals surface area contributed by atoms with E-state index in [1.807, 2.05) is 6.07 Å². The van der Waals surface area contributed by atoms with Gasteiger partial charge >= 0.3 is 0 Å². The molecule has 1 saturated heterocycles. The van der Waals surface area contributed by atoms with Gasteiger partial charge in [-0.2, -0.15) is 0 Å². The van der Waals surface area contributed by atoms with Crippen LogP contribution in [0.1, 0.15) is 63.0 Å². The van der Waals surface area contributed by atoms with Crippen molar-refractivity contribution >= 4 is 5.91 Å². The Morgan fingerprint density at radius 2 is 1.96 bits per heavy atom. The number of carbonyl (C=O) groups is 1. The molecule has 2 fully saturated rings. The molecule has 4 heteroatoms. The maximum Gasteiger partial charge on any atom is 0.220 e. The zero-order valence-electron chi connectivity index (χ0n) is 17.5. The average Bonchev–Trinajstić information content (AvgIpc) is 3.49. The third kappa shape index (κ3) is 5.47. The smallest absolute Gasteiger partial charge is 0.220 e. The number of nitrogens with zero attached hydrogens (tertiary/aromatic N) is 1. The quantitative estimate of drug-likeness (QED) is 0.746. The normalized spacial score (nSPS) is 20.9. The fourth-order valence-corrected chi connectivity index (χ4v) is 4.32. The third-order valence-electron chi connectivity index (χ3n) is 6.48. The molecule has 150 valence electrons. The van der Waals surface area contributed by atoms with E-state index >= 15 is 0 Å². The maximum absolute atomic E-state index is 12.7. The summed E-state index contributed by atoms with van der Waals surface area (Å²) < 4.78 is 5.38. The lowest BCUT2D eigenvalue weighted by atomic mass is 9.89. The van der Waals surface area contributed by atoms with Gasteiger partial charge in [-0.15, -0.1) is 0 Å². The van der Waals surface area contributed by atoms with Crippen LogP contribution in [0, 0.1) is 18.8 Å². The predicted octanol–water partition coefficient (Wildman–Crippen LogP) is 4.12. The fraction of sp³-hybridized carbons (Fsp3) is 0.696. The van der Waals surface area contributed by atoms with Gasteiger partial charge in [-0.05, 0) is 87.6 Å². The summed E-state index contributed by atoms with van der Waals surface area (Å²) in [5.41, 5.74) is 2.43.